The Bertz CT molecular complexity index is 980. The van der Waals surface area contributed by atoms with Crippen LogP contribution < -0.4 is 4.90 Å². The Labute approximate surface area is 169 Å². The summed E-state index contributed by atoms with van der Waals surface area (Å²) in [7, 11) is 1.67. The summed E-state index contributed by atoms with van der Waals surface area (Å²) in [5.74, 6) is 2.02. The Morgan fingerprint density at radius 2 is 2.18 bits per heavy atom. The lowest BCUT2D eigenvalue weighted by molar-refractivity contribution is 0.181. The van der Waals surface area contributed by atoms with Gasteiger partial charge in [0.1, 0.15) is 17.3 Å². The first kappa shape index (κ1) is 19.1. The molecule has 0 spiro atoms. The van der Waals surface area contributed by atoms with Crippen molar-refractivity contribution in [2.45, 2.75) is 52.8 Å². The van der Waals surface area contributed by atoms with E-state index in [0.29, 0.717) is 18.3 Å². The maximum atomic E-state index is 6.79. The first-order valence-electron chi connectivity index (χ1n) is 9.67. The van der Waals surface area contributed by atoms with E-state index >= 15 is 0 Å². The van der Waals surface area contributed by atoms with Crippen LogP contribution in [0.25, 0.3) is 5.78 Å². The third-order valence-electron chi connectivity index (χ3n) is 5.11. The molecule has 0 aliphatic carbocycles. The molecule has 0 radical (unpaired) electrons. The van der Waals surface area contributed by atoms with Crippen LogP contribution in [0.15, 0.2) is 12.4 Å². The number of nitrogens with zero attached hydrogens (tertiary/aromatic N) is 7. The number of halogens is 1. The second kappa shape index (κ2) is 7.67. The van der Waals surface area contributed by atoms with Crippen molar-refractivity contribution >= 4 is 23.2 Å². The van der Waals surface area contributed by atoms with Crippen molar-refractivity contribution in [3.8, 4) is 0 Å². The second-order valence-corrected chi connectivity index (χ2v) is 8.09. The number of methoxy groups -OCH3 is 1. The number of anilines is 1. The average Bonchev–Trinajstić information content (AvgIpc) is 3.34. The number of aromatic nitrogens is 6. The summed E-state index contributed by atoms with van der Waals surface area (Å²) in [4.78, 5) is 11.1. The molecule has 1 aliphatic rings. The summed E-state index contributed by atoms with van der Waals surface area (Å²) in [6, 6.07) is 2.18. The summed E-state index contributed by atoms with van der Waals surface area (Å²) < 4.78 is 9.01. The van der Waals surface area contributed by atoms with Crippen LogP contribution in [0.2, 0.25) is 5.15 Å². The molecule has 1 aliphatic heterocycles. The Balaban J connectivity index is 1.77. The van der Waals surface area contributed by atoms with Gasteiger partial charge < -0.3 is 9.64 Å². The van der Waals surface area contributed by atoms with Gasteiger partial charge >= 0.3 is 0 Å². The Kier molecular flexibility index (Phi) is 5.25. The summed E-state index contributed by atoms with van der Waals surface area (Å²) in [5, 5.41) is 9.84. The van der Waals surface area contributed by atoms with Crippen LogP contribution in [0.5, 0.6) is 0 Å². The van der Waals surface area contributed by atoms with Gasteiger partial charge in [-0.3, -0.25) is 4.68 Å². The summed E-state index contributed by atoms with van der Waals surface area (Å²) in [5.41, 5.74) is 2.93. The topological polar surface area (TPSA) is 73.4 Å². The van der Waals surface area contributed by atoms with Gasteiger partial charge in [-0.2, -0.15) is 19.7 Å². The second-order valence-electron chi connectivity index (χ2n) is 7.73. The van der Waals surface area contributed by atoms with Crippen molar-refractivity contribution in [1.82, 2.24) is 29.4 Å². The third kappa shape index (κ3) is 3.35. The fraction of sp³-hybridized carbons (Fsp3) is 0.579. The van der Waals surface area contributed by atoms with E-state index in [1.165, 1.54) is 6.33 Å². The van der Waals surface area contributed by atoms with Gasteiger partial charge in [0.25, 0.3) is 5.78 Å². The Hall–Kier alpha value is -2.19. The van der Waals surface area contributed by atoms with Crippen LogP contribution in [0.4, 0.5) is 5.82 Å². The molecular weight excluding hydrogens is 378 g/mol. The quantitative estimate of drug-likeness (QED) is 0.627. The van der Waals surface area contributed by atoms with Crippen LogP contribution in [0, 0.1) is 12.8 Å². The van der Waals surface area contributed by atoms with Gasteiger partial charge in [0, 0.05) is 31.8 Å². The van der Waals surface area contributed by atoms with Gasteiger partial charge in [0.2, 0.25) is 0 Å². The van der Waals surface area contributed by atoms with Crippen LogP contribution in [0.1, 0.15) is 49.7 Å². The molecule has 150 valence electrons. The number of hydrogen-bond acceptors (Lipinski definition) is 6. The van der Waals surface area contributed by atoms with Crippen molar-refractivity contribution in [3.05, 3.63) is 34.5 Å². The van der Waals surface area contributed by atoms with E-state index in [0.717, 1.165) is 53.9 Å². The lowest BCUT2D eigenvalue weighted by atomic mass is 10.1. The Morgan fingerprint density at radius 3 is 2.93 bits per heavy atom. The minimum absolute atomic E-state index is 0.151. The molecule has 0 saturated carbocycles. The van der Waals surface area contributed by atoms with Crippen molar-refractivity contribution in [2.24, 2.45) is 5.92 Å². The third-order valence-corrected chi connectivity index (χ3v) is 5.50. The molecular formula is C19H26ClN7O. The summed E-state index contributed by atoms with van der Waals surface area (Å²) in [6.45, 7) is 8.55. The number of fused-ring (bicyclic) bond motifs is 1. The number of ether oxygens (including phenoxy) is 1. The van der Waals surface area contributed by atoms with E-state index in [-0.39, 0.29) is 6.04 Å². The van der Waals surface area contributed by atoms with Gasteiger partial charge in [-0.15, -0.1) is 0 Å². The van der Waals surface area contributed by atoms with Gasteiger partial charge in [-0.25, -0.2) is 4.98 Å². The molecule has 8 nitrogen and oxygen atoms in total. The van der Waals surface area contributed by atoms with Gasteiger partial charge in [0.15, 0.2) is 0 Å². The minimum Gasteiger partial charge on any atom is -0.378 e. The number of aryl methyl sites for hydroxylation is 1. The first-order chi connectivity index (χ1) is 13.5. The van der Waals surface area contributed by atoms with Crippen LogP contribution in [-0.2, 0) is 17.9 Å². The van der Waals surface area contributed by atoms with E-state index in [9.17, 15) is 0 Å². The standard InChI is InChI=1S/C19H26ClN7O/c1-12(2)9-26-18(20)17(13(3)24-26)15-6-5-7-25(15)16-8-14(10-28-4)23-19-21-11-22-27(16)19/h8,11-12,15H,5-7,9-10H2,1-4H3. The lowest BCUT2D eigenvalue weighted by Crippen LogP contribution is -2.26. The molecule has 1 fully saturated rings. The summed E-state index contributed by atoms with van der Waals surface area (Å²) >= 11 is 6.79. The average molecular weight is 404 g/mol. The smallest absolute Gasteiger partial charge is 0.254 e. The zero-order valence-corrected chi connectivity index (χ0v) is 17.5. The van der Waals surface area contributed by atoms with E-state index in [2.05, 4.69) is 33.8 Å². The molecule has 0 amide bonds. The number of rotatable bonds is 6. The van der Waals surface area contributed by atoms with E-state index in [4.69, 9.17) is 21.4 Å². The number of hydrogen-bond donors (Lipinski definition) is 0. The van der Waals surface area contributed by atoms with Gasteiger partial charge in [-0.05, 0) is 25.7 Å². The van der Waals surface area contributed by atoms with Crippen LogP contribution in [-0.4, -0.2) is 43.0 Å². The highest BCUT2D eigenvalue weighted by molar-refractivity contribution is 6.30. The largest absolute Gasteiger partial charge is 0.378 e. The molecule has 1 saturated heterocycles. The highest BCUT2D eigenvalue weighted by Crippen LogP contribution is 2.40. The molecule has 0 aromatic carbocycles. The maximum absolute atomic E-state index is 6.79. The fourth-order valence-corrected chi connectivity index (χ4v) is 4.39. The predicted octanol–water partition coefficient (Wildman–Crippen LogP) is 3.43. The molecule has 4 heterocycles. The monoisotopic (exact) mass is 403 g/mol. The zero-order valence-electron chi connectivity index (χ0n) is 16.8. The molecule has 0 bridgehead atoms. The molecule has 1 unspecified atom stereocenters. The van der Waals surface area contributed by atoms with E-state index < -0.39 is 0 Å². The van der Waals surface area contributed by atoms with Gasteiger partial charge in [0.05, 0.1) is 24.0 Å². The SMILES string of the molecule is COCc1cc(N2CCCC2c2c(C)nn(CC(C)C)c2Cl)n2ncnc2n1. The molecule has 4 rings (SSSR count). The van der Waals surface area contributed by atoms with Crippen molar-refractivity contribution in [1.29, 1.82) is 0 Å². The molecule has 9 heteroatoms. The normalized spacial score (nSPS) is 17.4. The highest BCUT2D eigenvalue weighted by Gasteiger charge is 2.33. The lowest BCUT2D eigenvalue weighted by Gasteiger charge is -2.27. The maximum Gasteiger partial charge on any atom is 0.254 e. The highest BCUT2D eigenvalue weighted by atomic mass is 35.5. The van der Waals surface area contributed by atoms with Crippen molar-refractivity contribution in [2.75, 3.05) is 18.6 Å². The predicted molar refractivity (Wildman–Crippen MR) is 108 cm³/mol. The zero-order chi connectivity index (χ0) is 19.8. The molecule has 3 aromatic heterocycles. The molecule has 1 atom stereocenters. The van der Waals surface area contributed by atoms with Crippen molar-refractivity contribution in [3.63, 3.8) is 0 Å². The van der Waals surface area contributed by atoms with E-state index in [1.54, 1.807) is 11.6 Å². The summed E-state index contributed by atoms with van der Waals surface area (Å²) in [6.07, 6.45) is 3.63. The van der Waals surface area contributed by atoms with E-state index in [1.807, 2.05) is 17.7 Å². The molecule has 3 aromatic rings. The Morgan fingerprint density at radius 1 is 1.36 bits per heavy atom. The molecule has 28 heavy (non-hydrogen) atoms. The molecule has 0 N–H and O–H groups in total. The minimum atomic E-state index is 0.151. The first-order valence-corrected chi connectivity index (χ1v) is 10.1. The van der Waals surface area contributed by atoms with Gasteiger partial charge in [-0.1, -0.05) is 25.4 Å². The van der Waals surface area contributed by atoms with Crippen LogP contribution in [0.3, 0.4) is 0 Å². The fourth-order valence-electron chi connectivity index (χ4n) is 4.02. The van der Waals surface area contributed by atoms with Crippen molar-refractivity contribution < 1.29 is 4.74 Å². The van der Waals surface area contributed by atoms with Crippen LogP contribution >= 0.6 is 11.6 Å².